The lowest BCUT2D eigenvalue weighted by atomic mass is 10.0. The number of amides is 1. The minimum absolute atomic E-state index is 0.0436. The maximum absolute atomic E-state index is 12.6. The van der Waals surface area contributed by atoms with Crippen LogP contribution in [0.5, 0.6) is 5.75 Å². The summed E-state index contributed by atoms with van der Waals surface area (Å²) in [5.74, 6) is -0.0643. The first-order valence-corrected chi connectivity index (χ1v) is 10.6. The zero-order chi connectivity index (χ0) is 19.0. The molecule has 4 rings (SSSR count). The molecule has 0 saturated heterocycles. The van der Waals surface area contributed by atoms with Crippen molar-refractivity contribution < 1.29 is 17.4 Å². The summed E-state index contributed by atoms with van der Waals surface area (Å²) in [4.78, 5) is 16.3. The van der Waals surface area contributed by atoms with Crippen molar-refractivity contribution in [2.24, 2.45) is 0 Å². The van der Waals surface area contributed by atoms with Crippen LogP contribution >= 0.6 is 11.3 Å². The van der Waals surface area contributed by atoms with E-state index in [9.17, 15) is 13.2 Å². The summed E-state index contributed by atoms with van der Waals surface area (Å²) >= 11 is 1.52. The highest BCUT2D eigenvalue weighted by Crippen LogP contribution is 2.27. The van der Waals surface area contributed by atoms with Gasteiger partial charge in [0, 0.05) is 28.7 Å². The average Bonchev–Trinajstić information content (AvgIpc) is 3.08. The first-order valence-electron chi connectivity index (χ1n) is 8.30. The van der Waals surface area contributed by atoms with Crippen molar-refractivity contribution >= 4 is 27.4 Å². The lowest BCUT2D eigenvalue weighted by Crippen LogP contribution is -2.32. The molecule has 3 aromatic rings. The molecule has 1 aromatic heterocycles. The van der Waals surface area contributed by atoms with Gasteiger partial charge in [0.2, 0.25) is 0 Å². The number of benzene rings is 2. The number of aryl methyl sites for hydroxylation is 1. The standard InChI is InChI=1S/C19H16N2O4S2/c1-12-11-26-19(21-12)14-2-5-15(6-3-14)25-27(23,24)16-7-4-13-8-9-20-18(22)17(13)10-16/h2-7,10-11H,8-9H2,1H3,(H,20,22). The number of thiazole rings is 1. The predicted octanol–water partition coefficient (Wildman–Crippen LogP) is 3.17. The lowest BCUT2D eigenvalue weighted by Gasteiger charge is -2.17. The molecule has 1 N–H and O–H groups in total. The van der Waals surface area contributed by atoms with Crippen LogP contribution < -0.4 is 9.50 Å². The third-order valence-electron chi connectivity index (χ3n) is 4.22. The summed E-state index contributed by atoms with van der Waals surface area (Å²) in [6.45, 7) is 2.47. The van der Waals surface area contributed by atoms with Gasteiger partial charge < -0.3 is 9.50 Å². The summed E-state index contributed by atoms with van der Waals surface area (Å²) in [6, 6.07) is 11.2. The smallest absolute Gasteiger partial charge is 0.339 e. The second-order valence-corrected chi connectivity index (χ2v) is 8.59. The Balaban J connectivity index is 1.58. The van der Waals surface area contributed by atoms with Crippen molar-refractivity contribution in [1.29, 1.82) is 0 Å². The quantitative estimate of drug-likeness (QED) is 0.680. The van der Waals surface area contributed by atoms with Crippen molar-refractivity contribution in [3.8, 4) is 16.3 Å². The number of nitrogens with one attached hydrogen (secondary N) is 1. The van der Waals surface area contributed by atoms with Crippen LogP contribution in [0, 0.1) is 6.92 Å². The van der Waals surface area contributed by atoms with E-state index in [4.69, 9.17) is 4.18 Å². The van der Waals surface area contributed by atoms with Crippen LogP contribution in [0.25, 0.3) is 10.6 Å². The normalized spacial score (nSPS) is 13.7. The molecule has 0 atom stereocenters. The highest BCUT2D eigenvalue weighted by molar-refractivity contribution is 7.87. The van der Waals surface area contributed by atoms with Crippen LogP contribution in [0.15, 0.2) is 52.7 Å². The van der Waals surface area contributed by atoms with Gasteiger partial charge >= 0.3 is 10.1 Å². The van der Waals surface area contributed by atoms with E-state index < -0.39 is 10.1 Å². The average molecular weight is 400 g/mol. The van der Waals surface area contributed by atoms with Crippen LogP contribution in [-0.2, 0) is 16.5 Å². The number of hydrogen-bond acceptors (Lipinski definition) is 6. The number of rotatable bonds is 4. The van der Waals surface area contributed by atoms with E-state index in [-0.39, 0.29) is 16.6 Å². The Morgan fingerprint density at radius 2 is 1.93 bits per heavy atom. The molecule has 6 nitrogen and oxygen atoms in total. The van der Waals surface area contributed by atoms with Crippen molar-refractivity contribution in [2.75, 3.05) is 6.54 Å². The monoisotopic (exact) mass is 400 g/mol. The molecule has 0 aliphatic carbocycles. The van der Waals surface area contributed by atoms with E-state index in [0.717, 1.165) is 21.8 Å². The number of fused-ring (bicyclic) bond motifs is 1. The summed E-state index contributed by atoms with van der Waals surface area (Å²) in [5, 5.41) is 5.53. The van der Waals surface area contributed by atoms with Crippen LogP contribution in [-0.4, -0.2) is 25.9 Å². The molecule has 27 heavy (non-hydrogen) atoms. The van der Waals surface area contributed by atoms with Gasteiger partial charge in [-0.25, -0.2) is 4.98 Å². The second-order valence-electron chi connectivity index (χ2n) is 6.18. The van der Waals surface area contributed by atoms with Gasteiger partial charge in [-0.2, -0.15) is 8.42 Å². The maximum Gasteiger partial charge on any atom is 0.339 e. The Bertz CT molecular complexity index is 1120. The third kappa shape index (κ3) is 3.58. The van der Waals surface area contributed by atoms with E-state index in [0.29, 0.717) is 18.5 Å². The molecule has 1 aliphatic rings. The van der Waals surface area contributed by atoms with Gasteiger partial charge in [0.15, 0.2) is 0 Å². The predicted molar refractivity (Wildman–Crippen MR) is 103 cm³/mol. The van der Waals surface area contributed by atoms with Gasteiger partial charge in [-0.15, -0.1) is 11.3 Å². The Kier molecular flexibility index (Phi) is 4.45. The zero-order valence-electron chi connectivity index (χ0n) is 14.4. The molecule has 0 bridgehead atoms. The first-order chi connectivity index (χ1) is 12.9. The maximum atomic E-state index is 12.6. The van der Waals surface area contributed by atoms with Gasteiger partial charge in [-0.3, -0.25) is 4.79 Å². The van der Waals surface area contributed by atoms with Gasteiger partial charge in [-0.05, 0) is 55.3 Å². The minimum Gasteiger partial charge on any atom is -0.379 e. The van der Waals surface area contributed by atoms with Crippen LogP contribution in [0.4, 0.5) is 0 Å². The van der Waals surface area contributed by atoms with Crippen molar-refractivity contribution in [3.05, 3.63) is 64.7 Å². The summed E-state index contributed by atoms with van der Waals surface area (Å²) in [6.07, 6.45) is 0.681. The summed E-state index contributed by atoms with van der Waals surface area (Å²) < 4.78 is 30.4. The van der Waals surface area contributed by atoms with Crippen molar-refractivity contribution in [2.45, 2.75) is 18.2 Å². The van der Waals surface area contributed by atoms with Crippen molar-refractivity contribution in [1.82, 2.24) is 10.3 Å². The number of carbonyl (C=O) groups excluding carboxylic acids is 1. The van der Waals surface area contributed by atoms with Crippen LogP contribution in [0.1, 0.15) is 21.6 Å². The minimum atomic E-state index is -4.04. The van der Waals surface area contributed by atoms with E-state index in [1.165, 1.54) is 23.5 Å². The second kappa shape index (κ2) is 6.79. The molecule has 0 unspecified atom stereocenters. The molecular weight excluding hydrogens is 384 g/mol. The molecule has 2 heterocycles. The highest BCUT2D eigenvalue weighted by Gasteiger charge is 2.23. The Morgan fingerprint density at radius 1 is 1.15 bits per heavy atom. The highest BCUT2D eigenvalue weighted by atomic mass is 32.2. The van der Waals surface area contributed by atoms with Gasteiger partial charge in [-0.1, -0.05) is 6.07 Å². The molecule has 138 valence electrons. The van der Waals surface area contributed by atoms with E-state index in [2.05, 4.69) is 10.3 Å². The molecule has 2 aromatic carbocycles. The topological polar surface area (TPSA) is 85.4 Å². The molecule has 0 spiro atoms. The van der Waals surface area contributed by atoms with E-state index in [1.54, 1.807) is 30.3 Å². The number of hydrogen-bond donors (Lipinski definition) is 1. The molecule has 0 fully saturated rings. The Morgan fingerprint density at radius 3 is 2.63 bits per heavy atom. The number of nitrogens with zero attached hydrogens (tertiary/aromatic N) is 1. The SMILES string of the molecule is Cc1csc(-c2ccc(OS(=O)(=O)c3ccc4c(c3)C(=O)NCC4)cc2)n1. The molecule has 0 saturated carbocycles. The third-order valence-corrected chi connectivity index (χ3v) is 6.47. The van der Waals surface area contributed by atoms with Gasteiger partial charge in [0.25, 0.3) is 5.91 Å². The summed E-state index contributed by atoms with van der Waals surface area (Å²) in [7, 11) is -4.04. The molecular formula is C19H16N2O4S2. The molecule has 0 radical (unpaired) electrons. The number of aromatic nitrogens is 1. The Hall–Kier alpha value is -2.71. The summed E-state index contributed by atoms with van der Waals surface area (Å²) in [5.41, 5.74) is 3.04. The lowest BCUT2D eigenvalue weighted by molar-refractivity contribution is 0.0945. The van der Waals surface area contributed by atoms with E-state index >= 15 is 0 Å². The Labute approximate surface area is 161 Å². The molecule has 1 amide bonds. The first kappa shape index (κ1) is 17.7. The van der Waals surface area contributed by atoms with Crippen molar-refractivity contribution in [3.63, 3.8) is 0 Å². The fraction of sp³-hybridized carbons (Fsp3) is 0.158. The fourth-order valence-electron chi connectivity index (χ4n) is 2.86. The van der Waals surface area contributed by atoms with Gasteiger partial charge in [0.1, 0.15) is 15.7 Å². The number of carbonyl (C=O) groups is 1. The largest absolute Gasteiger partial charge is 0.379 e. The zero-order valence-corrected chi connectivity index (χ0v) is 16.1. The fourth-order valence-corrected chi connectivity index (χ4v) is 4.62. The molecule has 1 aliphatic heterocycles. The van der Waals surface area contributed by atoms with E-state index in [1.807, 2.05) is 12.3 Å². The van der Waals surface area contributed by atoms with Crippen LogP contribution in [0.3, 0.4) is 0 Å². The van der Waals surface area contributed by atoms with Gasteiger partial charge in [0.05, 0.1) is 0 Å². The molecule has 8 heteroatoms. The van der Waals surface area contributed by atoms with Crippen LogP contribution in [0.2, 0.25) is 0 Å².